The number of nitrogens with zero attached hydrogens (tertiary/aromatic N) is 3. The van der Waals surface area contributed by atoms with Crippen LogP contribution < -0.4 is 10.2 Å². The Balaban J connectivity index is 1.39. The topological polar surface area (TPSA) is 82.6 Å². The lowest BCUT2D eigenvalue weighted by Crippen LogP contribution is -2.46. The number of rotatable bonds is 4. The van der Waals surface area contributed by atoms with Crippen molar-refractivity contribution < 1.29 is 23.2 Å². The average molecular weight is 463 g/mol. The summed E-state index contributed by atoms with van der Waals surface area (Å²) in [5.41, 5.74) is -0.0435. The van der Waals surface area contributed by atoms with Gasteiger partial charge in [0, 0.05) is 38.3 Å². The fraction of sp³-hybridized carbons (Fsp3) is 0.364. The number of anilines is 2. The molecule has 2 saturated heterocycles. The molecule has 2 aromatic rings. The van der Waals surface area contributed by atoms with E-state index < -0.39 is 29.4 Å². The van der Waals surface area contributed by atoms with Crippen LogP contribution in [0, 0.1) is 23.5 Å². The highest BCUT2D eigenvalue weighted by Crippen LogP contribution is 2.30. The van der Waals surface area contributed by atoms with Crippen molar-refractivity contribution in [1.29, 1.82) is 0 Å². The molecule has 0 spiro atoms. The highest BCUT2D eigenvalue weighted by molar-refractivity contribution is 6.30. The molecule has 4 rings (SSSR count). The molecule has 168 valence electrons. The van der Waals surface area contributed by atoms with Gasteiger partial charge < -0.3 is 15.1 Å². The summed E-state index contributed by atoms with van der Waals surface area (Å²) in [6.07, 6.45) is 2.65. The van der Waals surface area contributed by atoms with Crippen LogP contribution in [0.25, 0.3) is 0 Å². The fourth-order valence-electron chi connectivity index (χ4n) is 4.13. The lowest BCUT2D eigenvalue weighted by molar-refractivity contribution is -0.138. The normalized spacial score (nSPS) is 21.0. The van der Waals surface area contributed by atoms with E-state index in [1.165, 1.54) is 17.2 Å². The highest BCUT2D eigenvalue weighted by Gasteiger charge is 2.39. The van der Waals surface area contributed by atoms with Crippen LogP contribution in [0.2, 0.25) is 5.02 Å². The number of benzene rings is 1. The Hall–Kier alpha value is -3.07. The molecule has 1 N–H and O–H groups in total. The first-order valence-electron chi connectivity index (χ1n) is 10.3. The quantitative estimate of drug-likeness (QED) is 0.756. The van der Waals surface area contributed by atoms with Crippen molar-refractivity contribution in [3.8, 4) is 0 Å². The molecule has 2 aliphatic rings. The zero-order valence-electron chi connectivity index (χ0n) is 17.1. The van der Waals surface area contributed by atoms with Gasteiger partial charge in [0.25, 0.3) is 0 Å². The Bertz CT molecular complexity index is 1050. The maximum absolute atomic E-state index is 14.1. The molecular weight excluding hydrogens is 442 g/mol. The van der Waals surface area contributed by atoms with E-state index in [-0.39, 0.29) is 37.0 Å². The number of hydrogen-bond donors (Lipinski definition) is 1. The summed E-state index contributed by atoms with van der Waals surface area (Å²) >= 11 is 5.80. The molecule has 1 aromatic heterocycles. The molecule has 2 unspecified atom stereocenters. The van der Waals surface area contributed by atoms with Crippen LogP contribution in [0.15, 0.2) is 36.5 Å². The van der Waals surface area contributed by atoms with Gasteiger partial charge in [-0.15, -0.1) is 0 Å². The van der Waals surface area contributed by atoms with E-state index in [4.69, 9.17) is 11.6 Å². The number of halogens is 3. The molecular formula is C22H21ClF2N4O3. The lowest BCUT2D eigenvalue weighted by atomic mass is 9.95. The molecule has 2 atom stereocenters. The Morgan fingerprint density at radius 3 is 2.66 bits per heavy atom. The second-order valence-electron chi connectivity index (χ2n) is 7.98. The van der Waals surface area contributed by atoms with Crippen LogP contribution in [0.3, 0.4) is 0 Å². The van der Waals surface area contributed by atoms with Crippen LogP contribution in [-0.4, -0.2) is 47.2 Å². The standard InChI is InChI=1S/C22H21ClF2N4O3/c23-15-3-6-19(26-10-15)27-21(31)13-2-1-7-28(11-13)22(32)14-8-20(30)29(12-14)18-5-4-16(24)9-17(18)25/h3-6,9-10,13-14H,1-2,7-8,11-12H2,(H,26,27,31). The Morgan fingerprint density at radius 1 is 1.12 bits per heavy atom. The number of amides is 3. The van der Waals surface area contributed by atoms with Gasteiger partial charge in [-0.05, 0) is 37.1 Å². The van der Waals surface area contributed by atoms with Gasteiger partial charge in [0.2, 0.25) is 17.7 Å². The van der Waals surface area contributed by atoms with Gasteiger partial charge in [-0.2, -0.15) is 0 Å². The Kier molecular flexibility index (Phi) is 6.36. The Morgan fingerprint density at radius 2 is 1.94 bits per heavy atom. The first kappa shape index (κ1) is 22.1. The van der Waals surface area contributed by atoms with Crippen LogP contribution in [0.4, 0.5) is 20.3 Å². The first-order valence-corrected chi connectivity index (χ1v) is 10.7. The lowest BCUT2D eigenvalue weighted by Gasteiger charge is -2.33. The molecule has 0 saturated carbocycles. The minimum absolute atomic E-state index is 0.0161. The largest absolute Gasteiger partial charge is 0.342 e. The van der Waals surface area contributed by atoms with E-state index in [1.54, 1.807) is 17.0 Å². The van der Waals surface area contributed by atoms with E-state index in [1.807, 2.05) is 0 Å². The molecule has 3 heterocycles. The van der Waals surface area contributed by atoms with Crippen molar-refractivity contribution in [3.05, 3.63) is 53.2 Å². The van der Waals surface area contributed by atoms with Crippen LogP contribution in [-0.2, 0) is 14.4 Å². The third-order valence-electron chi connectivity index (χ3n) is 5.76. The summed E-state index contributed by atoms with van der Waals surface area (Å²) in [6.45, 7) is 0.730. The summed E-state index contributed by atoms with van der Waals surface area (Å²) < 4.78 is 27.3. The molecule has 0 radical (unpaired) electrons. The molecule has 2 aliphatic heterocycles. The monoisotopic (exact) mass is 462 g/mol. The Labute approximate surface area is 188 Å². The molecule has 7 nitrogen and oxygen atoms in total. The minimum atomic E-state index is -0.850. The molecule has 1 aromatic carbocycles. The number of aromatic nitrogens is 1. The number of nitrogens with one attached hydrogen (secondary N) is 1. The van der Waals surface area contributed by atoms with Crippen molar-refractivity contribution in [2.45, 2.75) is 19.3 Å². The number of carbonyl (C=O) groups excluding carboxylic acids is 3. The smallest absolute Gasteiger partial charge is 0.230 e. The van der Waals surface area contributed by atoms with Crippen molar-refractivity contribution in [2.75, 3.05) is 29.9 Å². The predicted octanol–water partition coefficient (Wildman–Crippen LogP) is 3.24. The molecule has 0 bridgehead atoms. The summed E-state index contributed by atoms with van der Waals surface area (Å²) in [5, 5.41) is 3.19. The SMILES string of the molecule is O=C(Nc1ccc(Cl)cn1)C1CCCN(C(=O)C2CC(=O)N(c3ccc(F)cc3F)C2)C1. The molecule has 3 amide bonds. The van der Waals surface area contributed by atoms with Gasteiger partial charge >= 0.3 is 0 Å². The summed E-state index contributed by atoms with van der Waals surface area (Å²) in [4.78, 5) is 44.9. The van der Waals surface area contributed by atoms with E-state index >= 15 is 0 Å². The molecule has 2 fully saturated rings. The third-order valence-corrected chi connectivity index (χ3v) is 5.98. The zero-order valence-corrected chi connectivity index (χ0v) is 17.8. The number of piperidine rings is 1. The molecule has 0 aliphatic carbocycles. The predicted molar refractivity (Wildman–Crippen MR) is 114 cm³/mol. The molecule has 10 heteroatoms. The van der Waals surface area contributed by atoms with Crippen molar-refractivity contribution >= 4 is 40.8 Å². The maximum Gasteiger partial charge on any atom is 0.230 e. The van der Waals surface area contributed by atoms with Crippen molar-refractivity contribution in [1.82, 2.24) is 9.88 Å². The molecule has 32 heavy (non-hydrogen) atoms. The summed E-state index contributed by atoms with van der Waals surface area (Å²) in [6, 6.07) is 6.19. The maximum atomic E-state index is 14.1. The number of pyridine rings is 1. The van der Waals surface area contributed by atoms with Gasteiger partial charge in [-0.1, -0.05) is 11.6 Å². The van der Waals surface area contributed by atoms with Crippen LogP contribution in [0.1, 0.15) is 19.3 Å². The van der Waals surface area contributed by atoms with Crippen LogP contribution in [0.5, 0.6) is 0 Å². The van der Waals surface area contributed by atoms with Crippen LogP contribution >= 0.6 is 11.6 Å². The minimum Gasteiger partial charge on any atom is -0.342 e. The average Bonchev–Trinajstić information content (AvgIpc) is 3.16. The number of likely N-dealkylation sites (tertiary alicyclic amines) is 1. The van der Waals surface area contributed by atoms with E-state index in [0.29, 0.717) is 36.3 Å². The van der Waals surface area contributed by atoms with E-state index in [9.17, 15) is 23.2 Å². The van der Waals surface area contributed by atoms with Crippen molar-refractivity contribution in [3.63, 3.8) is 0 Å². The van der Waals surface area contributed by atoms with Gasteiger partial charge in [-0.25, -0.2) is 13.8 Å². The number of hydrogen-bond acceptors (Lipinski definition) is 4. The highest BCUT2D eigenvalue weighted by atomic mass is 35.5. The number of carbonyl (C=O) groups is 3. The summed E-state index contributed by atoms with van der Waals surface area (Å²) in [5.74, 6) is -3.15. The third kappa shape index (κ3) is 4.72. The van der Waals surface area contributed by atoms with Gasteiger partial charge in [0.1, 0.15) is 17.5 Å². The van der Waals surface area contributed by atoms with Gasteiger partial charge in [0.15, 0.2) is 0 Å². The van der Waals surface area contributed by atoms with E-state index in [2.05, 4.69) is 10.3 Å². The summed E-state index contributed by atoms with van der Waals surface area (Å²) in [7, 11) is 0. The fourth-order valence-corrected chi connectivity index (χ4v) is 4.25. The van der Waals surface area contributed by atoms with E-state index in [0.717, 1.165) is 6.07 Å². The van der Waals surface area contributed by atoms with Crippen molar-refractivity contribution in [2.24, 2.45) is 11.8 Å². The second-order valence-corrected chi connectivity index (χ2v) is 8.41. The van der Waals surface area contributed by atoms with Gasteiger partial charge in [-0.3, -0.25) is 14.4 Å². The first-order chi connectivity index (χ1) is 15.3. The van der Waals surface area contributed by atoms with Gasteiger partial charge in [0.05, 0.1) is 22.5 Å². The zero-order chi connectivity index (χ0) is 22.8. The second kappa shape index (κ2) is 9.20.